The van der Waals surface area contributed by atoms with Gasteiger partial charge in [0, 0.05) is 12.8 Å². The molecular weight excluding hydrogens is 342 g/mol. The highest BCUT2D eigenvalue weighted by molar-refractivity contribution is 5.81. The molecule has 0 spiro atoms. The Balaban J connectivity index is 1.52. The Morgan fingerprint density at radius 2 is 1.56 bits per heavy atom. The minimum absolute atomic E-state index is 0.124. The van der Waals surface area contributed by atoms with Gasteiger partial charge in [0.1, 0.15) is 5.78 Å². The topological polar surface area (TPSA) is 59.0 Å². The van der Waals surface area contributed by atoms with Crippen molar-refractivity contribution in [2.45, 2.75) is 44.6 Å². The van der Waals surface area contributed by atoms with Gasteiger partial charge in [-0.3, -0.25) is 4.79 Å². The molecule has 0 bridgehead atoms. The number of rotatable bonds is 8. The van der Waals surface area contributed by atoms with Gasteiger partial charge in [0.2, 0.25) is 0 Å². The summed E-state index contributed by atoms with van der Waals surface area (Å²) in [7, 11) is 0. The van der Waals surface area contributed by atoms with Crippen LogP contribution >= 0.6 is 0 Å². The lowest BCUT2D eigenvalue weighted by atomic mass is 9.86. The second kappa shape index (κ2) is 9.24. The maximum absolute atomic E-state index is 12.3. The van der Waals surface area contributed by atoms with Gasteiger partial charge >= 0.3 is 0 Å². The standard InChI is InChI=1S/C22H27NO4/c1-22(17-27-15-19-10-6-3-7-11-19)13-21(24)12-20(23(22)25)16-26-14-18-8-4-2-5-9-18/h2-11,20,25H,12-17H2,1H3. The molecule has 1 aliphatic heterocycles. The molecule has 1 N–H and O–H groups in total. The first-order chi connectivity index (χ1) is 13.1. The highest BCUT2D eigenvalue weighted by atomic mass is 16.5. The Bertz CT molecular complexity index is 722. The van der Waals surface area contributed by atoms with Crippen LogP contribution in [0.2, 0.25) is 0 Å². The molecule has 5 heteroatoms. The molecule has 144 valence electrons. The number of benzene rings is 2. The lowest BCUT2D eigenvalue weighted by Gasteiger charge is -2.44. The van der Waals surface area contributed by atoms with E-state index < -0.39 is 5.54 Å². The maximum atomic E-state index is 12.3. The molecular formula is C22H27NO4. The Kier molecular flexibility index (Phi) is 6.74. The first-order valence-electron chi connectivity index (χ1n) is 9.30. The Hall–Kier alpha value is -2.05. The summed E-state index contributed by atoms with van der Waals surface area (Å²) in [5, 5.41) is 12.0. The predicted molar refractivity (Wildman–Crippen MR) is 102 cm³/mol. The van der Waals surface area contributed by atoms with E-state index in [9.17, 15) is 10.0 Å². The number of piperidine rings is 1. The highest BCUT2D eigenvalue weighted by Gasteiger charge is 2.43. The van der Waals surface area contributed by atoms with Gasteiger partial charge in [0.25, 0.3) is 0 Å². The van der Waals surface area contributed by atoms with Crippen LogP contribution in [0.15, 0.2) is 60.7 Å². The summed E-state index contributed by atoms with van der Waals surface area (Å²) in [4.78, 5) is 12.3. The first-order valence-corrected chi connectivity index (χ1v) is 9.30. The molecule has 1 heterocycles. The van der Waals surface area contributed by atoms with Gasteiger partial charge in [-0.2, -0.15) is 5.06 Å². The summed E-state index contributed by atoms with van der Waals surface area (Å²) in [5.74, 6) is 0.124. The van der Waals surface area contributed by atoms with Crippen LogP contribution in [0.5, 0.6) is 0 Å². The van der Waals surface area contributed by atoms with Crippen molar-refractivity contribution in [1.82, 2.24) is 5.06 Å². The van der Waals surface area contributed by atoms with E-state index in [-0.39, 0.29) is 24.9 Å². The zero-order chi connectivity index (χ0) is 19.1. The summed E-state index contributed by atoms with van der Waals surface area (Å²) >= 11 is 0. The van der Waals surface area contributed by atoms with E-state index in [2.05, 4.69) is 0 Å². The van der Waals surface area contributed by atoms with Crippen molar-refractivity contribution < 1.29 is 19.5 Å². The van der Waals surface area contributed by atoms with E-state index in [1.807, 2.05) is 67.6 Å². The summed E-state index contributed by atoms with van der Waals surface area (Å²) in [6, 6.07) is 19.4. The smallest absolute Gasteiger partial charge is 0.136 e. The predicted octanol–water partition coefficient (Wildman–Crippen LogP) is 3.60. The quantitative estimate of drug-likeness (QED) is 0.770. The van der Waals surface area contributed by atoms with E-state index in [0.29, 0.717) is 26.2 Å². The number of carbonyl (C=O) groups excluding carboxylic acids is 1. The second-order valence-electron chi connectivity index (χ2n) is 7.39. The molecule has 0 aliphatic carbocycles. The van der Waals surface area contributed by atoms with E-state index in [4.69, 9.17) is 9.47 Å². The summed E-state index contributed by atoms with van der Waals surface area (Å²) < 4.78 is 11.6. The summed E-state index contributed by atoms with van der Waals surface area (Å²) in [5.41, 5.74) is 1.39. The van der Waals surface area contributed by atoms with E-state index in [1.165, 1.54) is 5.06 Å². The molecule has 0 aromatic heterocycles. The third-order valence-electron chi connectivity index (χ3n) is 4.89. The minimum atomic E-state index is -0.745. The third-order valence-corrected chi connectivity index (χ3v) is 4.89. The van der Waals surface area contributed by atoms with Crippen molar-refractivity contribution in [3.05, 3.63) is 71.8 Å². The Morgan fingerprint density at radius 3 is 2.15 bits per heavy atom. The van der Waals surface area contributed by atoms with Crippen LogP contribution in [-0.4, -0.2) is 40.8 Å². The molecule has 2 aromatic rings. The molecule has 1 saturated heterocycles. The van der Waals surface area contributed by atoms with E-state index in [1.54, 1.807) is 0 Å². The van der Waals surface area contributed by atoms with Gasteiger partial charge in [-0.05, 0) is 18.1 Å². The monoisotopic (exact) mass is 369 g/mol. The zero-order valence-corrected chi connectivity index (χ0v) is 15.7. The van der Waals surface area contributed by atoms with Crippen molar-refractivity contribution in [3.8, 4) is 0 Å². The van der Waals surface area contributed by atoms with Crippen LogP contribution in [0.1, 0.15) is 30.9 Å². The van der Waals surface area contributed by atoms with Crippen LogP contribution in [0.25, 0.3) is 0 Å². The number of carbonyl (C=O) groups is 1. The average Bonchev–Trinajstić information content (AvgIpc) is 2.67. The number of hydroxylamine groups is 2. The van der Waals surface area contributed by atoms with Crippen molar-refractivity contribution in [3.63, 3.8) is 0 Å². The minimum Gasteiger partial charge on any atom is -0.375 e. The van der Waals surface area contributed by atoms with Gasteiger partial charge in [0.05, 0.1) is 38.0 Å². The van der Waals surface area contributed by atoms with Gasteiger partial charge in [0.15, 0.2) is 0 Å². The normalized spacial score (nSPS) is 23.5. The molecule has 0 amide bonds. The third kappa shape index (κ3) is 5.47. The number of ether oxygens (including phenoxy) is 2. The highest BCUT2D eigenvalue weighted by Crippen LogP contribution is 2.29. The van der Waals surface area contributed by atoms with Crippen molar-refractivity contribution in [1.29, 1.82) is 0 Å². The number of hydrogen-bond donors (Lipinski definition) is 1. The number of ketones is 1. The molecule has 2 unspecified atom stereocenters. The van der Waals surface area contributed by atoms with Gasteiger partial charge in [-0.25, -0.2) is 0 Å². The molecule has 0 radical (unpaired) electrons. The van der Waals surface area contributed by atoms with Crippen molar-refractivity contribution in [2.75, 3.05) is 13.2 Å². The van der Waals surface area contributed by atoms with Crippen LogP contribution in [0, 0.1) is 0 Å². The van der Waals surface area contributed by atoms with E-state index >= 15 is 0 Å². The fraction of sp³-hybridized carbons (Fsp3) is 0.409. The molecule has 2 aromatic carbocycles. The number of Topliss-reactive ketones (excluding diaryl/α,β-unsaturated/α-hetero) is 1. The summed E-state index contributed by atoms with van der Waals surface area (Å²) in [6.07, 6.45) is 0.563. The molecule has 27 heavy (non-hydrogen) atoms. The Labute approximate surface area is 160 Å². The lowest BCUT2D eigenvalue weighted by Crippen LogP contribution is -2.59. The lowest BCUT2D eigenvalue weighted by molar-refractivity contribution is -0.236. The second-order valence-corrected chi connectivity index (χ2v) is 7.39. The van der Waals surface area contributed by atoms with Gasteiger partial charge < -0.3 is 14.7 Å². The van der Waals surface area contributed by atoms with Crippen LogP contribution in [0.4, 0.5) is 0 Å². The van der Waals surface area contributed by atoms with Crippen LogP contribution < -0.4 is 0 Å². The molecule has 3 rings (SSSR count). The fourth-order valence-electron chi connectivity index (χ4n) is 3.46. The molecule has 1 aliphatic rings. The molecule has 2 atom stereocenters. The number of nitrogens with zero attached hydrogens (tertiary/aromatic N) is 1. The van der Waals surface area contributed by atoms with E-state index in [0.717, 1.165) is 11.1 Å². The summed E-state index contributed by atoms with van der Waals surface area (Å²) in [6.45, 7) is 3.35. The Morgan fingerprint density at radius 1 is 1.00 bits per heavy atom. The number of hydrogen-bond acceptors (Lipinski definition) is 5. The van der Waals surface area contributed by atoms with Crippen LogP contribution in [-0.2, 0) is 27.5 Å². The van der Waals surface area contributed by atoms with Gasteiger partial charge in [-0.15, -0.1) is 0 Å². The molecule has 1 fully saturated rings. The largest absolute Gasteiger partial charge is 0.375 e. The SMILES string of the molecule is CC1(COCc2ccccc2)CC(=O)CC(COCc2ccccc2)N1O. The first kappa shape index (κ1) is 19.7. The average molecular weight is 369 g/mol. The van der Waals surface area contributed by atoms with Crippen LogP contribution in [0.3, 0.4) is 0 Å². The van der Waals surface area contributed by atoms with Gasteiger partial charge in [-0.1, -0.05) is 60.7 Å². The zero-order valence-electron chi connectivity index (χ0n) is 15.7. The fourth-order valence-corrected chi connectivity index (χ4v) is 3.46. The molecule has 5 nitrogen and oxygen atoms in total. The molecule has 0 saturated carbocycles. The van der Waals surface area contributed by atoms with Crippen molar-refractivity contribution in [2.24, 2.45) is 0 Å². The maximum Gasteiger partial charge on any atom is 0.136 e. The van der Waals surface area contributed by atoms with Crippen molar-refractivity contribution >= 4 is 5.78 Å².